The van der Waals surface area contributed by atoms with Crippen molar-refractivity contribution in [2.45, 2.75) is 64.5 Å². The molecule has 2 atom stereocenters. The molecule has 2 amide bonds. The van der Waals surface area contributed by atoms with Crippen molar-refractivity contribution in [1.29, 1.82) is 0 Å². The van der Waals surface area contributed by atoms with Crippen LogP contribution in [0.5, 0.6) is 5.75 Å². The van der Waals surface area contributed by atoms with E-state index in [9.17, 15) is 22.8 Å². The maximum absolute atomic E-state index is 13.8. The van der Waals surface area contributed by atoms with Gasteiger partial charge < -0.3 is 24.6 Å². The molecule has 1 N–H and O–H groups in total. The SMILES string of the molecule is C[C@H]1CN(C(=O)OC(C)(C)C)Cc2cc(C(=O)Nc3ccc(OC4CCN(C)C4)c(C(F)(F)F)c3)ccc21. The van der Waals surface area contributed by atoms with Gasteiger partial charge in [-0.25, -0.2) is 4.79 Å². The number of nitrogens with zero attached hydrogens (tertiary/aromatic N) is 2. The van der Waals surface area contributed by atoms with Gasteiger partial charge in [-0.05, 0) is 81.6 Å². The second-order valence-electron chi connectivity index (χ2n) is 11.1. The van der Waals surface area contributed by atoms with Crippen molar-refractivity contribution in [2.24, 2.45) is 0 Å². The number of hydrogen-bond acceptors (Lipinski definition) is 5. The number of alkyl halides is 3. The van der Waals surface area contributed by atoms with E-state index >= 15 is 0 Å². The first-order valence-corrected chi connectivity index (χ1v) is 12.7. The van der Waals surface area contributed by atoms with E-state index < -0.39 is 29.3 Å². The topological polar surface area (TPSA) is 71.1 Å². The van der Waals surface area contributed by atoms with E-state index in [1.165, 1.54) is 12.1 Å². The minimum atomic E-state index is -4.65. The summed E-state index contributed by atoms with van der Waals surface area (Å²) >= 11 is 0. The highest BCUT2D eigenvalue weighted by Crippen LogP contribution is 2.39. The minimum absolute atomic E-state index is 0.0136. The molecular weight excluding hydrogens is 499 g/mol. The Morgan fingerprint density at radius 1 is 1.05 bits per heavy atom. The van der Waals surface area contributed by atoms with E-state index in [0.717, 1.165) is 23.7 Å². The average molecular weight is 534 g/mol. The Labute approximate surface area is 220 Å². The lowest BCUT2D eigenvalue weighted by Crippen LogP contribution is -2.41. The fourth-order valence-electron chi connectivity index (χ4n) is 4.83. The van der Waals surface area contributed by atoms with Crippen molar-refractivity contribution in [2.75, 3.05) is 32.0 Å². The van der Waals surface area contributed by atoms with E-state index in [-0.39, 0.29) is 35.6 Å². The molecule has 206 valence electrons. The number of amides is 2. The van der Waals surface area contributed by atoms with Gasteiger partial charge in [-0.15, -0.1) is 0 Å². The smallest absolute Gasteiger partial charge is 0.420 e. The van der Waals surface area contributed by atoms with Gasteiger partial charge in [0.05, 0.1) is 5.56 Å². The minimum Gasteiger partial charge on any atom is -0.488 e. The zero-order valence-electron chi connectivity index (χ0n) is 22.3. The average Bonchev–Trinajstić information content (AvgIpc) is 3.22. The number of rotatable bonds is 4. The highest BCUT2D eigenvalue weighted by Gasteiger charge is 2.36. The molecule has 2 aliphatic heterocycles. The summed E-state index contributed by atoms with van der Waals surface area (Å²) in [5.41, 5.74) is 0.538. The molecule has 10 heteroatoms. The van der Waals surface area contributed by atoms with E-state index in [1.54, 1.807) is 37.8 Å². The van der Waals surface area contributed by atoms with Gasteiger partial charge >= 0.3 is 12.3 Å². The Hall–Kier alpha value is -3.27. The molecule has 0 radical (unpaired) electrons. The number of benzene rings is 2. The van der Waals surface area contributed by atoms with Gasteiger partial charge in [0.1, 0.15) is 17.5 Å². The number of carbonyl (C=O) groups excluding carboxylic acids is 2. The third kappa shape index (κ3) is 6.59. The lowest BCUT2D eigenvalue weighted by Gasteiger charge is -2.34. The van der Waals surface area contributed by atoms with Crippen LogP contribution in [0.1, 0.15) is 67.1 Å². The molecule has 7 nitrogen and oxygen atoms in total. The van der Waals surface area contributed by atoms with Crippen LogP contribution in [-0.4, -0.2) is 60.2 Å². The second kappa shape index (κ2) is 10.5. The molecule has 1 fully saturated rings. The summed E-state index contributed by atoms with van der Waals surface area (Å²) in [6.07, 6.45) is -4.75. The van der Waals surface area contributed by atoms with Gasteiger partial charge in [-0.1, -0.05) is 13.0 Å². The number of likely N-dealkylation sites (tertiary alicyclic amines) is 1. The van der Waals surface area contributed by atoms with E-state index in [4.69, 9.17) is 9.47 Å². The van der Waals surface area contributed by atoms with Gasteiger partial charge in [-0.2, -0.15) is 13.2 Å². The number of fused-ring (bicyclic) bond motifs is 1. The monoisotopic (exact) mass is 533 g/mol. The zero-order valence-corrected chi connectivity index (χ0v) is 22.3. The Morgan fingerprint density at radius 2 is 1.79 bits per heavy atom. The highest BCUT2D eigenvalue weighted by molar-refractivity contribution is 6.04. The van der Waals surface area contributed by atoms with Crippen LogP contribution in [0, 0.1) is 0 Å². The van der Waals surface area contributed by atoms with Crippen LogP contribution in [0.15, 0.2) is 36.4 Å². The second-order valence-corrected chi connectivity index (χ2v) is 11.1. The fourth-order valence-corrected chi connectivity index (χ4v) is 4.83. The van der Waals surface area contributed by atoms with E-state index in [1.807, 2.05) is 24.9 Å². The molecule has 2 aliphatic rings. The van der Waals surface area contributed by atoms with Crippen molar-refractivity contribution in [3.05, 3.63) is 58.7 Å². The van der Waals surface area contributed by atoms with Crippen molar-refractivity contribution < 1.29 is 32.2 Å². The molecule has 0 aliphatic carbocycles. The normalized spacial score (nSPS) is 20.2. The van der Waals surface area contributed by atoms with Gasteiger partial charge in [-0.3, -0.25) is 4.79 Å². The fraction of sp³-hybridized carbons (Fsp3) is 0.500. The molecule has 0 bridgehead atoms. The molecule has 1 saturated heterocycles. The number of carbonyl (C=O) groups is 2. The summed E-state index contributed by atoms with van der Waals surface area (Å²) < 4.78 is 52.6. The van der Waals surface area contributed by atoms with Gasteiger partial charge in [0.25, 0.3) is 5.91 Å². The highest BCUT2D eigenvalue weighted by atomic mass is 19.4. The number of anilines is 1. The molecule has 2 aromatic carbocycles. The summed E-state index contributed by atoms with van der Waals surface area (Å²) in [6.45, 7) is 9.45. The standard InChI is InChI=1S/C28H34F3N3O4/c1-17-14-34(26(36)38-27(2,3)4)15-19-12-18(6-8-22(17)19)25(35)32-20-7-9-24(23(13-20)28(29,30)31)37-21-10-11-33(5)16-21/h6-9,12-13,17,21H,10-11,14-16H2,1-5H3,(H,32,35)/t17-,21?/m0/s1. The van der Waals surface area contributed by atoms with Crippen molar-refractivity contribution >= 4 is 17.7 Å². The van der Waals surface area contributed by atoms with Crippen LogP contribution in [0.2, 0.25) is 0 Å². The molecule has 4 rings (SSSR count). The maximum Gasteiger partial charge on any atom is 0.420 e. The largest absolute Gasteiger partial charge is 0.488 e. The molecule has 0 spiro atoms. The molecular formula is C28H34F3N3O4. The first-order valence-electron chi connectivity index (χ1n) is 12.7. The quantitative estimate of drug-likeness (QED) is 0.530. The van der Waals surface area contributed by atoms with Crippen LogP contribution in [0.3, 0.4) is 0 Å². The molecule has 0 saturated carbocycles. The zero-order chi connectivity index (χ0) is 27.8. The molecule has 1 unspecified atom stereocenters. The number of halogens is 3. The van der Waals surface area contributed by atoms with E-state index in [0.29, 0.717) is 19.5 Å². The summed E-state index contributed by atoms with van der Waals surface area (Å²) in [5.74, 6) is -0.764. The predicted molar refractivity (Wildman–Crippen MR) is 137 cm³/mol. The molecule has 2 aromatic rings. The number of ether oxygens (including phenoxy) is 2. The summed E-state index contributed by atoms with van der Waals surface area (Å²) in [4.78, 5) is 29.2. The van der Waals surface area contributed by atoms with Gasteiger partial charge in [0.15, 0.2) is 0 Å². The van der Waals surface area contributed by atoms with Crippen molar-refractivity contribution in [1.82, 2.24) is 9.80 Å². The number of likely N-dealkylation sites (N-methyl/N-ethyl adjacent to an activating group) is 1. The third-order valence-corrected chi connectivity index (χ3v) is 6.63. The van der Waals surface area contributed by atoms with Gasteiger partial charge in [0, 0.05) is 37.4 Å². The maximum atomic E-state index is 13.8. The lowest BCUT2D eigenvalue weighted by molar-refractivity contribution is -0.139. The first-order chi connectivity index (χ1) is 17.7. The molecule has 38 heavy (non-hydrogen) atoms. The van der Waals surface area contributed by atoms with E-state index in [2.05, 4.69) is 5.32 Å². The predicted octanol–water partition coefficient (Wildman–Crippen LogP) is 5.89. The van der Waals surface area contributed by atoms with Crippen LogP contribution >= 0.6 is 0 Å². The van der Waals surface area contributed by atoms with Crippen LogP contribution in [-0.2, 0) is 17.5 Å². The Balaban J connectivity index is 1.51. The van der Waals surface area contributed by atoms with Crippen LogP contribution in [0.4, 0.5) is 23.7 Å². The lowest BCUT2D eigenvalue weighted by atomic mass is 9.90. The Kier molecular flexibility index (Phi) is 7.65. The molecule has 0 aromatic heterocycles. The first kappa shape index (κ1) is 27.8. The Morgan fingerprint density at radius 3 is 2.42 bits per heavy atom. The van der Waals surface area contributed by atoms with Crippen LogP contribution < -0.4 is 10.1 Å². The van der Waals surface area contributed by atoms with Crippen molar-refractivity contribution in [3.63, 3.8) is 0 Å². The number of nitrogens with one attached hydrogen (secondary N) is 1. The Bertz CT molecular complexity index is 1210. The third-order valence-electron chi connectivity index (χ3n) is 6.63. The van der Waals surface area contributed by atoms with Crippen molar-refractivity contribution in [3.8, 4) is 5.75 Å². The number of hydrogen-bond donors (Lipinski definition) is 1. The van der Waals surface area contributed by atoms with Gasteiger partial charge in [0.2, 0.25) is 0 Å². The summed E-state index contributed by atoms with van der Waals surface area (Å²) in [6, 6.07) is 8.72. The summed E-state index contributed by atoms with van der Waals surface area (Å²) in [7, 11) is 1.89. The summed E-state index contributed by atoms with van der Waals surface area (Å²) in [5, 5.41) is 2.57. The van der Waals surface area contributed by atoms with Crippen LogP contribution in [0.25, 0.3) is 0 Å². The molecule has 2 heterocycles.